The first-order valence-corrected chi connectivity index (χ1v) is 7.89. The van der Waals surface area contributed by atoms with E-state index in [1.807, 2.05) is 32.0 Å². The van der Waals surface area contributed by atoms with Crippen molar-refractivity contribution in [3.8, 4) is 6.07 Å². The van der Waals surface area contributed by atoms with Gasteiger partial charge in [0.1, 0.15) is 11.6 Å². The number of aryl methyl sites for hydroxylation is 2. The van der Waals surface area contributed by atoms with Gasteiger partial charge < -0.3 is 10.6 Å². The van der Waals surface area contributed by atoms with Crippen LogP contribution in [-0.4, -0.2) is 10.8 Å². The molecule has 0 saturated carbocycles. The predicted molar refractivity (Wildman–Crippen MR) is 100.0 cm³/mol. The van der Waals surface area contributed by atoms with Crippen molar-refractivity contribution in [3.05, 3.63) is 74.4 Å². The fraction of sp³-hybridized carbons (Fsp3) is 0.111. The lowest BCUT2D eigenvalue weighted by Crippen LogP contribution is -2.15. The van der Waals surface area contributed by atoms with Gasteiger partial charge in [0.15, 0.2) is 0 Å². The number of nitrogens with one attached hydrogen (secondary N) is 2. The lowest BCUT2D eigenvalue weighted by Gasteiger charge is -2.08. The van der Waals surface area contributed by atoms with Crippen molar-refractivity contribution in [1.82, 2.24) is 0 Å². The minimum atomic E-state index is -0.730. The molecule has 0 heterocycles. The smallest absolute Gasteiger partial charge is 0.271 e. The molecule has 0 aliphatic rings. The van der Waals surface area contributed by atoms with Crippen molar-refractivity contribution >= 4 is 34.6 Å². The Morgan fingerprint density at radius 3 is 2.58 bits per heavy atom. The van der Waals surface area contributed by atoms with E-state index in [1.54, 1.807) is 6.07 Å². The first kappa shape index (κ1) is 19.0. The maximum absolute atomic E-state index is 12.2. The van der Waals surface area contributed by atoms with Crippen LogP contribution < -0.4 is 10.6 Å². The molecule has 0 aliphatic carbocycles. The zero-order valence-corrected chi connectivity index (χ0v) is 14.8. The highest BCUT2D eigenvalue weighted by atomic mass is 35.5. The Kier molecular flexibility index (Phi) is 5.94. The van der Waals surface area contributed by atoms with Crippen LogP contribution in [0.15, 0.2) is 48.2 Å². The van der Waals surface area contributed by atoms with Gasteiger partial charge in [-0.15, -0.1) is 0 Å². The lowest BCUT2D eigenvalue weighted by atomic mass is 10.1. The fourth-order valence-electron chi connectivity index (χ4n) is 2.05. The average molecular weight is 371 g/mol. The van der Waals surface area contributed by atoms with E-state index in [4.69, 9.17) is 11.6 Å². The van der Waals surface area contributed by atoms with E-state index in [0.717, 1.165) is 22.9 Å². The van der Waals surface area contributed by atoms with Crippen molar-refractivity contribution in [2.24, 2.45) is 0 Å². The second-order valence-corrected chi connectivity index (χ2v) is 5.90. The molecule has 8 heteroatoms. The summed E-state index contributed by atoms with van der Waals surface area (Å²) >= 11 is 5.94. The highest BCUT2D eigenvalue weighted by Gasteiger charge is 2.15. The van der Waals surface area contributed by atoms with Gasteiger partial charge in [-0.3, -0.25) is 14.9 Å². The quantitative estimate of drug-likeness (QED) is 0.352. The van der Waals surface area contributed by atoms with Crippen LogP contribution in [0.2, 0.25) is 5.02 Å². The van der Waals surface area contributed by atoms with Crippen molar-refractivity contribution < 1.29 is 9.72 Å². The summed E-state index contributed by atoms with van der Waals surface area (Å²) in [5.74, 6) is -0.730. The number of hydrogen-bond acceptors (Lipinski definition) is 5. The van der Waals surface area contributed by atoms with Crippen molar-refractivity contribution in [1.29, 1.82) is 5.26 Å². The average Bonchev–Trinajstić information content (AvgIpc) is 2.60. The Morgan fingerprint density at radius 2 is 1.96 bits per heavy atom. The monoisotopic (exact) mass is 370 g/mol. The number of anilines is 2. The summed E-state index contributed by atoms with van der Waals surface area (Å²) < 4.78 is 0. The molecule has 0 spiro atoms. The SMILES string of the molecule is Cc1ccc(N/C=C(/C#N)C(=O)Nc2cc([N+](=O)[O-])ccc2Cl)cc1C. The van der Waals surface area contributed by atoms with Crippen LogP contribution in [0.25, 0.3) is 0 Å². The number of nitriles is 1. The first-order chi connectivity index (χ1) is 12.3. The molecule has 0 aromatic heterocycles. The normalized spacial score (nSPS) is 10.8. The Morgan fingerprint density at radius 1 is 1.23 bits per heavy atom. The van der Waals surface area contributed by atoms with Crippen LogP contribution in [0.3, 0.4) is 0 Å². The van der Waals surface area contributed by atoms with Gasteiger partial charge in [0, 0.05) is 24.0 Å². The van der Waals surface area contributed by atoms with Gasteiger partial charge in [-0.2, -0.15) is 5.26 Å². The molecular formula is C18H15ClN4O3. The van der Waals surface area contributed by atoms with Crippen LogP contribution in [-0.2, 0) is 4.79 Å². The van der Waals surface area contributed by atoms with Gasteiger partial charge in [-0.1, -0.05) is 17.7 Å². The number of nitro benzene ring substituents is 1. The third kappa shape index (κ3) is 4.59. The summed E-state index contributed by atoms with van der Waals surface area (Å²) in [5.41, 5.74) is 2.54. The Balaban J connectivity index is 2.18. The number of non-ortho nitro benzene ring substituents is 1. The Bertz CT molecular complexity index is 948. The van der Waals surface area contributed by atoms with E-state index in [9.17, 15) is 20.2 Å². The lowest BCUT2D eigenvalue weighted by molar-refractivity contribution is -0.384. The van der Waals surface area contributed by atoms with Gasteiger partial charge in [-0.05, 0) is 43.2 Å². The molecule has 7 nitrogen and oxygen atoms in total. The Hall–Kier alpha value is -3.37. The molecule has 2 N–H and O–H groups in total. The summed E-state index contributed by atoms with van der Waals surface area (Å²) in [6.07, 6.45) is 1.27. The second kappa shape index (κ2) is 8.14. The van der Waals surface area contributed by atoms with E-state index < -0.39 is 10.8 Å². The van der Waals surface area contributed by atoms with Crippen LogP contribution in [0.1, 0.15) is 11.1 Å². The van der Waals surface area contributed by atoms with Gasteiger partial charge in [0.25, 0.3) is 11.6 Å². The number of nitrogens with zero attached hydrogens (tertiary/aromatic N) is 2. The Labute approximate surface area is 155 Å². The summed E-state index contributed by atoms with van der Waals surface area (Å²) in [4.78, 5) is 22.5. The van der Waals surface area contributed by atoms with E-state index in [1.165, 1.54) is 18.3 Å². The fourth-order valence-corrected chi connectivity index (χ4v) is 2.21. The molecule has 26 heavy (non-hydrogen) atoms. The first-order valence-electron chi connectivity index (χ1n) is 7.51. The second-order valence-electron chi connectivity index (χ2n) is 5.49. The molecule has 0 bridgehead atoms. The molecule has 2 aromatic carbocycles. The molecular weight excluding hydrogens is 356 g/mol. The minimum absolute atomic E-state index is 0.0539. The zero-order valence-electron chi connectivity index (χ0n) is 14.0. The van der Waals surface area contributed by atoms with Gasteiger partial charge in [0.05, 0.1) is 15.6 Å². The van der Waals surface area contributed by atoms with E-state index in [0.29, 0.717) is 0 Å². The highest BCUT2D eigenvalue weighted by Crippen LogP contribution is 2.27. The summed E-state index contributed by atoms with van der Waals surface area (Å²) in [6.45, 7) is 3.93. The number of halogens is 1. The number of hydrogen-bond donors (Lipinski definition) is 2. The molecule has 132 valence electrons. The van der Waals surface area contributed by atoms with Crippen molar-refractivity contribution in [2.45, 2.75) is 13.8 Å². The number of nitro groups is 1. The number of amides is 1. The number of rotatable bonds is 5. The molecule has 2 aromatic rings. The van der Waals surface area contributed by atoms with E-state index >= 15 is 0 Å². The van der Waals surface area contributed by atoms with E-state index in [-0.39, 0.29) is 22.0 Å². The number of carbonyl (C=O) groups is 1. The van der Waals surface area contributed by atoms with Crippen LogP contribution >= 0.6 is 11.6 Å². The zero-order chi connectivity index (χ0) is 19.3. The molecule has 0 aliphatic heterocycles. The maximum atomic E-state index is 12.2. The summed E-state index contributed by atoms with van der Waals surface area (Å²) in [6, 6.07) is 11.1. The molecule has 0 radical (unpaired) electrons. The predicted octanol–water partition coefficient (Wildman–Crippen LogP) is 4.32. The third-order valence-corrected chi connectivity index (χ3v) is 3.99. The number of benzene rings is 2. The van der Waals surface area contributed by atoms with Gasteiger partial charge in [-0.25, -0.2) is 0 Å². The van der Waals surface area contributed by atoms with Crippen molar-refractivity contribution in [3.63, 3.8) is 0 Å². The molecule has 0 unspecified atom stereocenters. The van der Waals surface area contributed by atoms with Gasteiger partial charge in [0.2, 0.25) is 0 Å². The van der Waals surface area contributed by atoms with Crippen LogP contribution in [0.5, 0.6) is 0 Å². The summed E-state index contributed by atoms with van der Waals surface area (Å²) in [7, 11) is 0. The van der Waals surface area contributed by atoms with Crippen molar-refractivity contribution in [2.75, 3.05) is 10.6 Å². The molecule has 0 saturated heterocycles. The summed E-state index contributed by atoms with van der Waals surface area (Å²) in [5, 5.41) is 25.5. The molecule has 2 rings (SSSR count). The molecule has 0 atom stereocenters. The number of carbonyl (C=O) groups excluding carboxylic acids is 1. The standard InChI is InChI=1S/C18H15ClN4O3/c1-11-3-4-14(7-12(11)2)21-10-13(9-20)18(24)22-17-8-15(23(25)26)5-6-16(17)19/h3-8,10,21H,1-2H3,(H,22,24)/b13-10-. The highest BCUT2D eigenvalue weighted by molar-refractivity contribution is 6.34. The molecule has 0 fully saturated rings. The molecule has 1 amide bonds. The van der Waals surface area contributed by atoms with Gasteiger partial charge >= 0.3 is 0 Å². The van der Waals surface area contributed by atoms with E-state index in [2.05, 4.69) is 10.6 Å². The topological polar surface area (TPSA) is 108 Å². The van der Waals surface area contributed by atoms with Crippen LogP contribution in [0.4, 0.5) is 17.1 Å². The third-order valence-electron chi connectivity index (χ3n) is 3.66. The maximum Gasteiger partial charge on any atom is 0.271 e. The largest absolute Gasteiger partial charge is 0.360 e. The van der Waals surface area contributed by atoms with Crippen LogP contribution in [0, 0.1) is 35.3 Å². The minimum Gasteiger partial charge on any atom is -0.360 e.